The van der Waals surface area contributed by atoms with Gasteiger partial charge in [-0.25, -0.2) is 9.37 Å². The number of amides is 1. The Morgan fingerprint density at radius 1 is 1.15 bits per heavy atom. The lowest BCUT2D eigenvalue weighted by Gasteiger charge is -2.07. The Morgan fingerprint density at radius 3 is 2.74 bits per heavy atom. The number of para-hydroxylation sites is 1. The Labute approximate surface area is 153 Å². The number of nitrogens with zero attached hydrogens (tertiary/aromatic N) is 2. The molecule has 4 aromatic rings. The quantitative estimate of drug-likeness (QED) is 0.571. The normalized spacial score (nSPS) is 11.1. The Hall–Kier alpha value is -3.48. The van der Waals surface area contributed by atoms with Crippen LogP contribution in [0.15, 0.2) is 59.7 Å². The van der Waals surface area contributed by atoms with Crippen LogP contribution in [0.2, 0.25) is 0 Å². The van der Waals surface area contributed by atoms with Crippen LogP contribution >= 0.6 is 0 Å². The van der Waals surface area contributed by atoms with Crippen molar-refractivity contribution in [2.24, 2.45) is 0 Å². The van der Waals surface area contributed by atoms with E-state index in [0.29, 0.717) is 17.6 Å². The molecule has 0 aliphatic carbocycles. The van der Waals surface area contributed by atoms with Crippen molar-refractivity contribution >= 4 is 27.8 Å². The number of aromatic amines is 1. The summed E-state index contributed by atoms with van der Waals surface area (Å²) in [5.41, 5.74) is 2.52. The monoisotopic (exact) mass is 364 g/mol. The van der Waals surface area contributed by atoms with Gasteiger partial charge in [-0.05, 0) is 23.8 Å². The van der Waals surface area contributed by atoms with E-state index >= 15 is 0 Å². The van der Waals surface area contributed by atoms with Gasteiger partial charge in [0.15, 0.2) is 0 Å². The van der Waals surface area contributed by atoms with Gasteiger partial charge in [-0.15, -0.1) is 0 Å². The standard InChI is InChI=1S/C20H17FN4O2/c21-14-7-5-13(6-8-14)11-22-17(26)9-10-25-12-23-18-15-3-1-2-4-16(15)24-19(18)20(25)27/h1-8,12,24H,9-11H2,(H,22,26). The van der Waals surface area contributed by atoms with Crippen molar-refractivity contribution in [3.05, 3.63) is 76.6 Å². The van der Waals surface area contributed by atoms with Crippen LogP contribution < -0.4 is 10.9 Å². The molecule has 2 N–H and O–H groups in total. The Morgan fingerprint density at radius 2 is 1.93 bits per heavy atom. The second-order valence-corrected chi connectivity index (χ2v) is 6.29. The molecule has 2 heterocycles. The molecular weight excluding hydrogens is 347 g/mol. The van der Waals surface area contributed by atoms with Crippen molar-refractivity contribution in [1.29, 1.82) is 0 Å². The zero-order chi connectivity index (χ0) is 18.8. The minimum absolute atomic E-state index is 0.147. The van der Waals surface area contributed by atoms with E-state index in [1.54, 1.807) is 12.1 Å². The second kappa shape index (κ2) is 7.03. The lowest BCUT2D eigenvalue weighted by molar-refractivity contribution is -0.121. The summed E-state index contributed by atoms with van der Waals surface area (Å²) < 4.78 is 14.3. The number of carbonyl (C=O) groups excluding carboxylic acids is 1. The number of aromatic nitrogens is 3. The highest BCUT2D eigenvalue weighted by atomic mass is 19.1. The van der Waals surface area contributed by atoms with Gasteiger partial charge in [-0.3, -0.25) is 14.2 Å². The summed E-state index contributed by atoms with van der Waals surface area (Å²) in [7, 11) is 0. The van der Waals surface area contributed by atoms with Crippen molar-refractivity contribution in [3.8, 4) is 0 Å². The first-order valence-corrected chi connectivity index (χ1v) is 8.59. The van der Waals surface area contributed by atoms with E-state index in [1.807, 2.05) is 24.3 Å². The molecule has 136 valence electrons. The second-order valence-electron chi connectivity index (χ2n) is 6.29. The maximum absolute atomic E-state index is 12.9. The molecule has 0 saturated heterocycles. The van der Waals surface area contributed by atoms with E-state index in [9.17, 15) is 14.0 Å². The van der Waals surface area contributed by atoms with Crippen LogP contribution in [0.5, 0.6) is 0 Å². The van der Waals surface area contributed by atoms with E-state index in [2.05, 4.69) is 15.3 Å². The van der Waals surface area contributed by atoms with Gasteiger partial charge in [-0.1, -0.05) is 30.3 Å². The number of carbonyl (C=O) groups is 1. The molecule has 7 heteroatoms. The van der Waals surface area contributed by atoms with Crippen molar-refractivity contribution < 1.29 is 9.18 Å². The predicted molar refractivity (Wildman–Crippen MR) is 101 cm³/mol. The molecule has 0 fully saturated rings. The Balaban J connectivity index is 1.44. The molecular formula is C20H17FN4O2. The molecule has 0 unspecified atom stereocenters. The molecule has 2 aromatic heterocycles. The molecule has 0 bridgehead atoms. The minimum atomic E-state index is -0.315. The summed E-state index contributed by atoms with van der Waals surface area (Å²) in [5, 5.41) is 3.66. The van der Waals surface area contributed by atoms with E-state index in [0.717, 1.165) is 16.5 Å². The van der Waals surface area contributed by atoms with Crippen molar-refractivity contribution in [1.82, 2.24) is 19.9 Å². The first-order valence-electron chi connectivity index (χ1n) is 8.59. The Kier molecular flexibility index (Phi) is 4.42. The zero-order valence-electron chi connectivity index (χ0n) is 14.4. The van der Waals surface area contributed by atoms with Gasteiger partial charge < -0.3 is 10.3 Å². The number of hydrogen-bond donors (Lipinski definition) is 2. The maximum atomic E-state index is 12.9. The Bertz CT molecular complexity index is 1180. The third-order valence-electron chi connectivity index (χ3n) is 4.46. The highest BCUT2D eigenvalue weighted by Gasteiger charge is 2.11. The molecule has 0 aliphatic heterocycles. The van der Waals surface area contributed by atoms with E-state index in [4.69, 9.17) is 0 Å². The summed E-state index contributed by atoms with van der Waals surface area (Å²) in [5.74, 6) is -0.507. The smallest absolute Gasteiger partial charge is 0.277 e. The highest BCUT2D eigenvalue weighted by Crippen LogP contribution is 2.20. The first kappa shape index (κ1) is 17.0. The van der Waals surface area contributed by atoms with Crippen LogP contribution in [0.3, 0.4) is 0 Å². The largest absolute Gasteiger partial charge is 0.352 e. The zero-order valence-corrected chi connectivity index (χ0v) is 14.4. The average molecular weight is 364 g/mol. The third-order valence-corrected chi connectivity index (χ3v) is 4.46. The first-order chi connectivity index (χ1) is 13.1. The van der Waals surface area contributed by atoms with Crippen molar-refractivity contribution in [2.45, 2.75) is 19.5 Å². The van der Waals surface area contributed by atoms with Crippen molar-refractivity contribution in [2.75, 3.05) is 0 Å². The van der Waals surface area contributed by atoms with E-state index in [1.165, 1.54) is 23.0 Å². The molecule has 27 heavy (non-hydrogen) atoms. The number of fused-ring (bicyclic) bond motifs is 3. The maximum Gasteiger partial charge on any atom is 0.277 e. The number of benzene rings is 2. The van der Waals surface area contributed by atoms with Gasteiger partial charge in [-0.2, -0.15) is 0 Å². The summed E-state index contributed by atoms with van der Waals surface area (Å²) in [6, 6.07) is 13.5. The van der Waals surface area contributed by atoms with Gasteiger partial charge in [0.25, 0.3) is 5.56 Å². The molecule has 4 rings (SSSR count). The number of nitrogens with one attached hydrogen (secondary N) is 2. The fourth-order valence-electron chi connectivity index (χ4n) is 3.01. The fraction of sp³-hybridized carbons (Fsp3) is 0.150. The highest BCUT2D eigenvalue weighted by molar-refractivity contribution is 6.04. The molecule has 0 saturated carbocycles. The lowest BCUT2D eigenvalue weighted by Crippen LogP contribution is -2.27. The van der Waals surface area contributed by atoms with Gasteiger partial charge >= 0.3 is 0 Å². The summed E-state index contributed by atoms with van der Waals surface area (Å²) in [6.45, 7) is 0.541. The van der Waals surface area contributed by atoms with E-state index < -0.39 is 0 Å². The minimum Gasteiger partial charge on any atom is -0.352 e. The van der Waals surface area contributed by atoms with Gasteiger partial charge in [0.1, 0.15) is 16.9 Å². The number of H-pyrrole nitrogens is 1. The van der Waals surface area contributed by atoms with Gasteiger partial charge in [0.05, 0.1) is 6.33 Å². The SMILES string of the molecule is O=C(CCn1cnc2c([nH]c3ccccc32)c1=O)NCc1ccc(F)cc1. The third kappa shape index (κ3) is 3.44. The molecule has 0 radical (unpaired) electrons. The molecule has 2 aromatic carbocycles. The predicted octanol–water partition coefficient (Wildman–Crippen LogP) is 2.72. The number of hydrogen-bond acceptors (Lipinski definition) is 3. The lowest BCUT2D eigenvalue weighted by atomic mass is 10.2. The molecule has 0 atom stereocenters. The van der Waals surface area contributed by atoms with Crippen LogP contribution in [-0.4, -0.2) is 20.4 Å². The van der Waals surface area contributed by atoms with Crippen LogP contribution in [-0.2, 0) is 17.9 Å². The van der Waals surface area contributed by atoms with Gasteiger partial charge in [0, 0.05) is 30.4 Å². The topological polar surface area (TPSA) is 79.8 Å². The average Bonchev–Trinajstić information content (AvgIpc) is 3.07. The summed E-state index contributed by atoms with van der Waals surface area (Å²) in [6.07, 6.45) is 1.62. The van der Waals surface area contributed by atoms with Crippen LogP contribution in [0, 0.1) is 5.82 Å². The van der Waals surface area contributed by atoms with Crippen LogP contribution in [0.25, 0.3) is 21.9 Å². The van der Waals surface area contributed by atoms with Crippen LogP contribution in [0.4, 0.5) is 4.39 Å². The summed E-state index contributed by atoms with van der Waals surface area (Å²) in [4.78, 5) is 32.2. The molecule has 6 nitrogen and oxygen atoms in total. The number of rotatable bonds is 5. The molecule has 1 amide bonds. The van der Waals surface area contributed by atoms with Crippen molar-refractivity contribution in [3.63, 3.8) is 0 Å². The molecule has 0 aliphatic rings. The summed E-state index contributed by atoms with van der Waals surface area (Å²) >= 11 is 0. The number of halogens is 1. The van der Waals surface area contributed by atoms with E-state index in [-0.39, 0.29) is 30.2 Å². The number of aryl methyl sites for hydroxylation is 1. The molecule has 0 spiro atoms. The fourth-order valence-corrected chi connectivity index (χ4v) is 3.01. The van der Waals surface area contributed by atoms with Gasteiger partial charge in [0.2, 0.25) is 5.91 Å². The van der Waals surface area contributed by atoms with Crippen LogP contribution in [0.1, 0.15) is 12.0 Å².